The van der Waals surface area contributed by atoms with Crippen LogP contribution in [0.4, 0.5) is 0 Å². The molecule has 1 amide bonds. The van der Waals surface area contributed by atoms with E-state index in [1.165, 1.54) is 0 Å². The van der Waals surface area contributed by atoms with Crippen LogP contribution in [0.25, 0.3) is 0 Å². The minimum atomic E-state index is -0.0503. The third-order valence-corrected chi connectivity index (χ3v) is 4.66. The highest BCUT2D eigenvalue weighted by molar-refractivity contribution is 9.10. The Bertz CT molecular complexity index is 660. The summed E-state index contributed by atoms with van der Waals surface area (Å²) in [4.78, 5) is 12.1. The summed E-state index contributed by atoms with van der Waals surface area (Å²) in [6.45, 7) is 4.26. The number of rotatable bonds is 6. The average molecular weight is 396 g/mol. The maximum Gasteiger partial charge on any atom is 0.234 e. The Kier molecular flexibility index (Phi) is 6.63. The van der Waals surface area contributed by atoms with Crippen LogP contribution >= 0.6 is 27.5 Å². The molecule has 5 heteroatoms. The molecule has 0 aromatic heterocycles. The van der Waals surface area contributed by atoms with Crippen molar-refractivity contribution in [3.63, 3.8) is 0 Å². The lowest BCUT2D eigenvalue weighted by molar-refractivity contribution is -0.121. The smallest absolute Gasteiger partial charge is 0.234 e. The van der Waals surface area contributed by atoms with Gasteiger partial charge in [-0.3, -0.25) is 4.79 Å². The lowest BCUT2D eigenvalue weighted by Gasteiger charge is -2.18. The molecule has 2 atom stereocenters. The van der Waals surface area contributed by atoms with Gasteiger partial charge in [0.1, 0.15) is 0 Å². The Morgan fingerprint density at radius 1 is 1.09 bits per heavy atom. The zero-order valence-corrected chi connectivity index (χ0v) is 15.5. The Hall–Kier alpha value is -1.36. The van der Waals surface area contributed by atoms with E-state index in [1.54, 1.807) is 0 Å². The summed E-state index contributed by atoms with van der Waals surface area (Å²) < 4.78 is 0.996. The molecule has 0 aliphatic rings. The highest BCUT2D eigenvalue weighted by Gasteiger charge is 2.13. The van der Waals surface area contributed by atoms with E-state index in [1.807, 2.05) is 62.4 Å². The quantitative estimate of drug-likeness (QED) is 0.748. The van der Waals surface area contributed by atoms with Crippen LogP contribution < -0.4 is 10.6 Å². The minimum absolute atomic E-state index is 0.0333. The minimum Gasteiger partial charge on any atom is -0.348 e. The van der Waals surface area contributed by atoms with Gasteiger partial charge >= 0.3 is 0 Å². The maximum absolute atomic E-state index is 12.1. The third-order valence-electron chi connectivity index (χ3n) is 3.69. The van der Waals surface area contributed by atoms with Crippen LogP contribution in [0.2, 0.25) is 5.02 Å². The Morgan fingerprint density at radius 2 is 1.74 bits per heavy atom. The van der Waals surface area contributed by atoms with Crippen LogP contribution in [0, 0.1) is 0 Å². The second-order valence-electron chi connectivity index (χ2n) is 5.46. The first-order valence-corrected chi connectivity index (χ1v) is 8.67. The van der Waals surface area contributed by atoms with Crippen molar-refractivity contribution in [3.8, 4) is 0 Å². The molecule has 122 valence electrons. The summed E-state index contributed by atoms with van der Waals surface area (Å²) in [7, 11) is 0. The van der Waals surface area contributed by atoms with Crippen LogP contribution in [0.3, 0.4) is 0 Å². The lowest BCUT2D eigenvalue weighted by atomic mass is 10.1. The number of halogens is 2. The van der Waals surface area contributed by atoms with Crippen molar-refractivity contribution >= 4 is 33.4 Å². The highest BCUT2D eigenvalue weighted by Crippen LogP contribution is 2.22. The zero-order chi connectivity index (χ0) is 16.8. The predicted molar refractivity (Wildman–Crippen MR) is 98.6 cm³/mol. The summed E-state index contributed by atoms with van der Waals surface area (Å²) in [5, 5.41) is 6.93. The molecule has 0 unspecified atom stereocenters. The van der Waals surface area contributed by atoms with Crippen LogP contribution in [0.1, 0.15) is 37.1 Å². The van der Waals surface area contributed by atoms with Crippen molar-refractivity contribution in [2.24, 2.45) is 0 Å². The third kappa shape index (κ3) is 5.34. The summed E-state index contributed by atoms with van der Waals surface area (Å²) in [6, 6.07) is 15.5. The average Bonchev–Trinajstić information content (AvgIpc) is 2.53. The van der Waals surface area contributed by atoms with E-state index in [0.717, 1.165) is 15.6 Å². The molecular formula is C18H20BrClN2O. The van der Waals surface area contributed by atoms with E-state index >= 15 is 0 Å². The lowest BCUT2D eigenvalue weighted by Crippen LogP contribution is -2.36. The molecule has 2 aromatic rings. The number of hydrogen-bond acceptors (Lipinski definition) is 2. The van der Waals surface area contributed by atoms with Gasteiger partial charge in [0, 0.05) is 15.5 Å². The van der Waals surface area contributed by atoms with Gasteiger partial charge < -0.3 is 10.6 Å². The zero-order valence-electron chi connectivity index (χ0n) is 13.1. The van der Waals surface area contributed by atoms with Gasteiger partial charge in [-0.1, -0.05) is 57.9 Å². The second-order valence-corrected chi connectivity index (χ2v) is 6.76. The van der Waals surface area contributed by atoms with Crippen LogP contribution in [0.15, 0.2) is 53.0 Å². The van der Waals surface area contributed by atoms with Gasteiger partial charge in [-0.15, -0.1) is 0 Å². The molecule has 0 bridgehead atoms. The summed E-state index contributed by atoms with van der Waals surface area (Å²) in [6.07, 6.45) is 0. The van der Waals surface area contributed by atoms with Gasteiger partial charge in [0.25, 0.3) is 0 Å². The molecule has 2 aromatic carbocycles. The number of hydrogen-bond donors (Lipinski definition) is 2. The molecule has 0 spiro atoms. The van der Waals surface area contributed by atoms with Crippen molar-refractivity contribution in [1.82, 2.24) is 10.6 Å². The monoisotopic (exact) mass is 394 g/mol. The number of benzene rings is 2. The van der Waals surface area contributed by atoms with Gasteiger partial charge in [0.15, 0.2) is 0 Å². The van der Waals surface area contributed by atoms with E-state index in [9.17, 15) is 4.79 Å². The van der Waals surface area contributed by atoms with Crippen molar-refractivity contribution in [2.75, 3.05) is 6.54 Å². The highest BCUT2D eigenvalue weighted by atomic mass is 79.9. The second kappa shape index (κ2) is 8.48. The van der Waals surface area contributed by atoms with E-state index in [2.05, 4.69) is 26.6 Å². The molecule has 2 N–H and O–H groups in total. The molecule has 0 aliphatic heterocycles. The molecule has 0 radical (unpaired) electrons. The Morgan fingerprint density at radius 3 is 2.39 bits per heavy atom. The largest absolute Gasteiger partial charge is 0.348 e. The standard InChI is InChI=1S/C18H20BrClN2O/c1-12(14-7-9-15(20)10-8-14)21-11-18(23)22-13(2)16-5-3-4-6-17(16)19/h3-10,12-13,21H,11H2,1-2H3,(H,22,23)/t12-,13-/m0/s1. The van der Waals surface area contributed by atoms with Crippen molar-refractivity contribution in [3.05, 3.63) is 69.2 Å². The molecule has 0 heterocycles. The Balaban J connectivity index is 1.85. The van der Waals surface area contributed by atoms with Gasteiger partial charge in [-0.05, 0) is 43.2 Å². The van der Waals surface area contributed by atoms with Crippen molar-refractivity contribution in [2.45, 2.75) is 25.9 Å². The first-order chi connectivity index (χ1) is 11.0. The summed E-state index contributed by atoms with van der Waals surface area (Å²) in [5.74, 6) is -0.0333. The number of nitrogens with one attached hydrogen (secondary N) is 2. The first kappa shape index (κ1) is 18.0. The fourth-order valence-electron chi connectivity index (χ4n) is 2.31. The molecular weight excluding hydrogens is 376 g/mol. The van der Waals surface area contributed by atoms with E-state index in [0.29, 0.717) is 5.02 Å². The fraction of sp³-hybridized carbons (Fsp3) is 0.278. The number of carbonyl (C=O) groups excluding carboxylic acids is 1. The Labute approximate surface area is 150 Å². The normalized spacial score (nSPS) is 13.4. The van der Waals surface area contributed by atoms with E-state index in [-0.39, 0.29) is 24.5 Å². The van der Waals surface area contributed by atoms with Crippen molar-refractivity contribution < 1.29 is 4.79 Å². The molecule has 0 saturated carbocycles. The first-order valence-electron chi connectivity index (χ1n) is 7.50. The van der Waals surface area contributed by atoms with Crippen molar-refractivity contribution in [1.29, 1.82) is 0 Å². The molecule has 0 fully saturated rings. The van der Waals surface area contributed by atoms with Crippen LogP contribution in [0.5, 0.6) is 0 Å². The van der Waals surface area contributed by atoms with E-state index < -0.39 is 0 Å². The van der Waals surface area contributed by atoms with Gasteiger partial charge in [0.2, 0.25) is 5.91 Å². The summed E-state index contributed by atoms with van der Waals surface area (Å²) in [5.41, 5.74) is 2.16. The summed E-state index contributed by atoms with van der Waals surface area (Å²) >= 11 is 9.39. The molecule has 2 rings (SSSR count). The van der Waals surface area contributed by atoms with Gasteiger partial charge in [-0.25, -0.2) is 0 Å². The molecule has 0 aliphatic carbocycles. The molecule has 0 saturated heterocycles. The maximum atomic E-state index is 12.1. The molecule has 3 nitrogen and oxygen atoms in total. The SMILES string of the molecule is C[C@H](NCC(=O)N[C@@H](C)c1ccccc1Br)c1ccc(Cl)cc1. The fourth-order valence-corrected chi connectivity index (χ4v) is 3.07. The van der Waals surface area contributed by atoms with Gasteiger partial charge in [-0.2, -0.15) is 0 Å². The molecule has 23 heavy (non-hydrogen) atoms. The predicted octanol–water partition coefficient (Wildman–Crippen LogP) is 4.63. The van der Waals surface area contributed by atoms with Crippen LogP contribution in [-0.4, -0.2) is 12.5 Å². The number of carbonyl (C=O) groups is 1. The van der Waals surface area contributed by atoms with E-state index in [4.69, 9.17) is 11.6 Å². The number of amides is 1. The van der Waals surface area contributed by atoms with Gasteiger partial charge in [0.05, 0.1) is 12.6 Å². The topological polar surface area (TPSA) is 41.1 Å². The van der Waals surface area contributed by atoms with Crippen LogP contribution in [-0.2, 0) is 4.79 Å².